The minimum atomic E-state index is -0.0912. The number of ether oxygens (including phenoxy) is 1. The molecule has 0 aliphatic heterocycles. The van der Waals surface area contributed by atoms with Crippen molar-refractivity contribution < 1.29 is 22.7 Å². The van der Waals surface area contributed by atoms with Crippen LogP contribution in [0.3, 0.4) is 0 Å². The van der Waals surface area contributed by atoms with Gasteiger partial charge in [-0.3, -0.25) is 9.59 Å². The lowest BCUT2D eigenvalue weighted by Crippen LogP contribution is -1.85. The molecular formula is C18H18O5S6. The van der Waals surface area contributed by atoms with Crippen LogP contribution in [0.25, 0.3) is 0 Å². The summed E-state index contributed by atoms with van der Waals surface area (Å²) >= 11 is 1.72. The average Bonchev–Trinajstić information content (AvgIpc) is 2.75. The highest BCUT2D eigenvalue weighted by Crippen LogP contribution is 2.38. The highest BCUT2D eigenvalue weighted by atomic mass is 33.1. The van der Waals surface area contributed by atoms with Crippen molar-refractivity contribution in [1.82, 2.24) is 0 Å². The van der Waals surface area contributed by atoms with Crippen molar-refractivity contribution in [2.75, 3.05) is 13.2 Å². The predicted octanol–water partition coefficient (Wildman–Crippen LogP) is 8.57. The third kappa shape index (κ3) is 10.5. The van der Waals surface area contributed by atoms with Crippen LogP contribution in [0.15, 0.2) is 58.3 Å². The normalized spacial score (nSPS) is 10.7. The van der Waals surface area contributed by atoms with Crippen LogP contribution in [0.1, 0.15) is 13.8 Å². The van der Waals surface area contributed by atoms with Gasteiger partial charge in [0.25, 0.3) is 8.89 Å². The Balaban J connectivity index is 1.78. The van der Waals surface area contributed by atoms with Crippen LogP contribution >= 0.6 is 67.3 Å². The molecule has 0 heterocycles. The Labute approximate surface area is 194 Å². The zero-order chi connectivity index (χ0) is 20.9. The summed E-state index contributed by atoms with van der Waals surface area (Å²) in [5, 5.41) is 0. The molecule has 5 nitrogen and oxygen atoms in total. The van der Waals surface area contributed by atoms with Gasteiger partial charge in [-0.05, 0) is 84.0 Å². The van der Waals surface area contributed by atoms with Gasteiger partial charge in [-0.2, -0.15) is 0 Å². The van der Waals surface area contributed by atoms with Gasteiger partial charge in [-0.15, -0.1) is 0 Å². The first kappa shape index (κ1) is 24.9. The van der Waals surface area contributed by atoms with Gasteiger partial charge in [0.05, 0.1) is 37.3 Å². The smallest absolute Gasteiger partial charge is 0.283 e. The number of hydrogen-bond donors (Lipinski definition) is 0. The monoisotopic (exact) mass is 506 g/mol. The molecule has 0 aliphatic rings. The molecule has 2 aromatic rings. The Morgan fingerprint density at radius 3 is 1.41 bits per heavy atom. The first-order valence-corrected chi connectivity index (χ1v) is 14.1. The molecule has 0 radical (unpaired) electrons. The molecule has 2 rings (SSSR count). The topological polar surface area (TPSA) is 61.8 Å². The van der Waals surface area contributed by atoms with Gasteiger partial charge in [-0.1, -0.05) is 0 Å². The maximum atomic E-state index is 11.6. The molecule has 11 heteroatoms. The summed E-state index contributed by atoms with van der Waals surface area (Å²) in [6.07, 6.45) is 0. The largest absolute Gasteiger partial charge is 0.457 e. The van der Waals surface area contributed by atoms with Crippen molar-refractivity contribution in [3.63, 3.8) is 0 Å². The molecule has 156 valence electrons. The number of benzene rings is 2. The van der Waals surface area contributed by atoms with Gasteiger partial charge < -0.3 is 13.1 Å². The highest BCUT2D eigenvalue weighted by molar-refractivity contribution is 8.86. The SMILES string of the molecule is CCOSC(=O)SSc1ccc(Oc2ccc(SSC(=O)SOCC)cc2)cc1. The molecule has 0 spiro atoms. The van der Waals surface area contributed by atoms with E-state index in [1.807, 2.05) is 62.4 Å². The molecule has 0 aliphatic carbocycles. The first-order valence-electron chi connectivity index (χ1n) is 8.34. The van der Waals surface area contributed by atoms with Gasteiger partial charge >= 0.3 is 0 Å². The van der Waals surface area contributed by atoms with Crippen molar-refractivity contribution in [1.29, 1.82) is 0 Å². The lowest BCUT2D eigenvalue weighted by Gasteiger charge is -2.07. The van der Waals surface area contributed by atoms with Crippen molar-refractivity contribution in [3.8, 4) is 11.5 Å². The minimum Gasteiger partial charge on any atom is -0.457 e. The Kier molecular flexibility index (Phi) is 12.5. The van der Waals surface area contributed by atoms with E-state index >= 15 is 0 Å². The molecule has 0 saturated heterocycles. The zero-order valence-corrected chi connectivity index (χ0v) is 20.4. The lowest BCUT2D eigenvalue weighted by molar-refractivity contribution is 0.274. The van der Waals surface area contributed by atoms with E-state index in [9.17, 15) is 9.59 Å². The van der Waals surface area contributed by atoms with Crippen LogP contribution in [0.4, 0.5) is 9.59 Å². The van der Waals surface area contributed by atoms with E-state index in [0.717, 1.165) is 55.5 Å². The molecule has 0 unspecified atom stereocenters. The summed E-state index contributed by atoms with van der Waals surface area (Å²) in [7, 11) is 5.01. The molecule has 0 atom stereocenters. The van der Waals surface area contributed by atoms with Gasteiger partial charge in [-0.25, -0.2) is 0 Å². The molecule has 0 fully saturated rings. The van der Waals surface area contributed by atoms with Gasteiger partial charge in [0.1, 0.15) is 11.5 Å². The van der Waals surface area contributed by atoms with Crippen molar-refractivity contribution in [2.45, 2.75) is 23.6 Å². The Hall–Kier alpha value is -0.400. The van der Waals surface area contributed by atoms with Gasteiger partial charge in [0.2, 0.25) is 0 Å². The molecule has 0 aromatic heterocycles. The molecule has 2 aromatic carbocycles. The Morgan fingerprint density at radius 1 is 0.690 bits per heavy atom. The molecule has 29 heavy (non-hydrogen) atoms. The molecule has 0 N–H and O–H groups in total. The van der Waals surface area contributed by atoms with E-state index in [2.05, 4.69) is 0 Å². The third-order valence-electron chi connectivity index (χ3n) is 2.78. The Morgan fingerprint density at radius 2 is 1.07 bits per heavy atom. The maximum Gasteiger partial charge on any atom is 0.283 e. The first-order chi connectivity index (χ1) is 14.1. The van der Waals surface area contributed by atoms with Crippen molar-refractivity contribution >= 4 is 76.2 Å². The van der Waals surface area contributed by atoms with E-state index in [1.165, 1.54) is 21.6 Å². The lowest BCUT2D eigenvalue weighted by atomic mass is 10.3. The Bertz CT molecular complexity index is 704. The summed E-state index contributed by atoms with van der Waals surface area (Å²) in [4.78, 5) is 25.0. The highest BCUT2D eigenvalue weighted by Gasteiger charge is 2.08. The molecule has 0 saturated carbocycles. The minimum absolute atomic E-state index is 0.0912. The summed E-state index contributed by atoms with van der Waals surface area (Å²) in [6.45, 7) is 4.67. The van der Waals surface area contributed by atoms with Crippen molar-refractivity contribution in [2.24, 2.45) is 0 Å². The van der Waals surface area contributed by atoms with Gasteiger partial charge in [0, 0.05) is 31.4 Å². The number of rotatable bonds is 10. The average molecular weight is 507 g/mol. The summed E-state index contributed by atoms with van der Waals surface area (Å²) in [5.74, 6) is 1.40. The summed E-state index contributed by atoms with van der Waals surface area (Å²) in [5.41, 5.74) is 0. The number of carbonyl (C=O) groups is 2. The fourth-order valence-electron chi connectivity index (χ4n) is 1.67. The fraction of sp³-hybridized carbons (Fsp3) is 0.222. The van der Waals surface area contributed by atoms with Crippen LogP contribution in [0.5, 0.6) is 11.5 Å². The second-order valence-corrected chi connectivity index (χ2v) is 11.3. The second-order valence-electron chi connectivity index (χ2n) is 4.86. The molecule has 0 bridgehead atoms. The third-order valence-corrected chi connectivity index (χ3v) is 9.24. The van der Waals surface area contributed by atoms with Crippen LogP contribution in [0, 0.1) is 0 Å². The van der Waals surface area contributed by atoms with E-state index in [0.29, 0.717) is 24.7 Å². The van der Waals surface area contributed by atoms with E-state index < -0.39 is 0 Å². The second kappa shape index (κ2) is 14.6. The van der Waals surface area contributed by atoms with Gasteiger partial charge in [0.15, 0.2) is 0 Å². The van der Waals surface area contributed by atoms with E-state index in [-0.39, 0.29) is 8.89 Å². The number of carbonyl (C=O) groups excluding carboxylic acids is 2. The summed E-state index contributed by atoms with van der Waals surface area (Å²) < 4.78 is 15.7. The van der Waals surface area contributed by atoms with E-state index in [4.69, 9.17) is 13.1 Å². The van der Waals surface area contributed by atoms with Crippen LogP contribution in [0.2, 0.25) is 0 Å². The quantitative estimate of drug-likeness (QED) is 0.230. The predicted molar refractivity (Wildman–Crippen MR) is 129 cm³/mol. The van der Waals surface area contributed by atoms with Crippen molar-refractivity contribution in [3.05, 3.63) is 48.5 Å². The van der Waals surface area contributed by atoms with Crippen LogP contribution in [-0.2, 0) is 8.37 Å². The zero-order valence-electron chi connectivity index (χ0n) is 15.5. The maximum absolute atomic E-state index is 11.6. The molecular weight excluding hydrogens is 489 g/mol. The summed E-state index contributed by atoms with van der Waals surface area (Å²) in [6, 6.07) is 15.0. The van der Waals surface area contributed by atoms with Crippen LogP contribution < -0.4 is 4.74 Å². The van der Waals surface area contributed by atoms with Crippen LogP contribution in [-0.4, -0.2) is 22.1 Å². The standard InChI is InChI=1S/C18H18O5S6/c1-3-21-24-17(19)28-26-15-9-5-13(6-10-15)23-14-7-11-16(12-8-14)27-29-18(20)25-22-4-2/h5-12H,3-4H2,1-2H3. The molecule has 0 amide bonds. The fourth-order valence-corrected chi connectivity index (χ4v) is 6.20. The number of hydrogen-bond acceptors (Lipinski definition) is 11. The van der Waals surface area contributed by atoms with E-state index in [1.54, 1.807) is 0 Å².